The van der Waals surface area contributed by atoms with Crippen molar-refractivity contribution < 1.29 is 0 Å². The number of nitrogen functional groups attached to an aromatic ring is 1. The molecule has 0 aliphatic rings. The smallest absolute Gasteiger partial charge is 0.136 e. The van der Waals surface area contributed by atoms with Crippen LogP contribution in [-0.4, -0.2) is 19.6 Å². The Morgan fingerprint density at radius 1 is 1.41 bits per heavy atom. The van der Waals surface area contributed by atoms with Crippen molar-refractivity contribution in [3.8, 4) is 0 Å². The van der Waals surface area contributed by atoms with Crippen LogP contribution in [0.2, 0.25) is 0 Å². The molecule has 0 bridgehead atoms. The van der Waals surface area contributed by atoms with Gasteiger partial charge in [0.2, 0.25) is 0 Å². The zero-order valence-corrected chi connectivity index (χ0v) is 11.8. The van der Waals surface area contributed by atoms with Crippen LogP contribution in [0.25, 0.3) is 0 Å². The minimum atomic E-state index is 0.661. The van der Waals surface area contributed by atoms with Gasteiger partial charge in [-0.1, -0.05) is 6.92 Å². The molecule has 2 heterocycles. The molecule has 92 valence electrons. The molecule has 17 heavy (non-hydrogen) atoms. The molecule has 2 rings (SSSR count). The minimum Gasteiger partial charge on any atom is -0.383 e. The van der Waals surface area contributed by atoms with Crippen molar-refractivity contribution in [2.24, 2.45) is 7.05 Å². The lowest BCUT2D eigenvalue weighted by atomic mass is 10.2. The highest BCUT2D eigenvalue weighted by Crippen LogP contribution is 2.24. The molecule has 2 N–H and O–H groups in total. The van der Waals surface area contributed by atoms with Crippen molar-refractivity contribution in [1.29, 1.82) is 0 Å². The molecular formula is C11H16BrN5. The van der Waals surface area contributed by atoms with Gasteiger partial charge < -0.3 is 5.73 Å². The van der Waals surface area contributed by atoms with E-state index in [0.717, 1.165) is 27.8 Å². The van der Waals surface area contributed by atoms with Crippen molar-refractivity contribution in [3.05, 3.63) is 27.6 Å². The molecule has 5 nitrogen and oxygen atoms in total. The summed E-state index contributed by atoms with van der Waals surface area (Å²) in [6, 6.07) is 0. The first-order valence-electron chi connectivity index (χ1n) is 5.52. The third kappa shape index (κ3) is 2.22. The first-order chi connectivity index (χ1) is 8.02. The molecular weight excluding hydrogens is 282 g/mol. The maximum Gasteiger partial charge on any atom is 0.136 e. The van der Waals surface area contributed by atoms with Crippen LogP contribution >= 0.6 is 15.9 Å². The molecule has 0 aliphatic carbocycles. The second kappa shape index (κ2) is 4.52. The van der Waals surface area contributed by atoms with E-state index in [2.05, 4.69) is 33.1 Å². The topological polar surface area (TPSA) is 61.7 Å². The normalized spacial score (nSPS) is 11.1. The van der Waals surface area contributed by atoms with Gasteiger partial charge in [0.05, 0.1) is 22.4 Å². The van der Waals surface area contributed by atoms with Crippen LogP contribution < -0.4 is 5.73 Å². The SMILES string of the molecule is CCc1nn(C)cc1Cn1nc(C)c(Br)c1N. The molecule has 2 aromatic rings. The molecule has 2 aromatic heterocycles. The van der Waals surface area contributed by atoms with E-state index < -0.39 is 0 Å². The summed E-state index contributed by atoms with van der Waals surface area (Å²) in [5.74, 6) is 0.661. The second-order valence-corrected chi connectivity index (χ2v) is 4.86. The monoisotopic (exact) mass is 297 g/mol. The van der Waals surface area contributed by atoms with Crippen LogP contribution in [0.15, 0.2) is 10.7 Å². The Morgan fingerprint density at radius 2 is 2.12 bits per heavy atom. The molecule has 6 heteroatoms. The number of hydrogen-bond donors (Lipinski definition) is 1. The van der Waals surface area contributed by atoms with E-state index in [0.29, 0.717) is 12.4 Å². The van der Waals surface area contributed by atoms with E-state index in [1.807, 2.05) is 24.9 Å². The average molecular weight is 298 g/mol. The lowest BCUT2D eigenvalue weighted by Gasteiger charge is -2.03. The Morgan fingerprint density at radius 3 is 2.65 bits per heavy atom. The summed E-state index contributed by atoms with van der Waals surface area (Å²) < 4.78 is 4.50. The Hall–Kier alpha value is -1.30. The van der Waals surface area contributed by atoms with Gasteiger partial charge in [0.1, 0.15) is 5.82 Å². The lowest BCUT2D eigenvalue weighted by molar-refractivity contribution is 0.684. The van der Waals surface area contributed by atoms with Crippen molar-refractivity contribution in [1.82, 2.24) is 19.6 Å². The fourth-order valence-corrected chi connectivity index (χ4v) is 2.16. The number of aryl methyl sites for hydroxylation is 3. The first kappa shape index (κ1) is 12.2. The Kier molecular flexibility index (Phi) is 3.24. The lowest BCUT2D eigenvalue weighted by Crippen LogP contribution is -2.07. The third-order valence-corrected chi connectivity index (χ3v) is 3.72. The summed E-state index contributed by atoms with van der Waals surface area (Å²) in [7, 11) is 1.93. The van der Waals surface area contributed by atoms with E-state index in [1.54, 1.807) is 4.68 Å². The predicted molar refractivity (Wildman–Crippen MR) is 70.8 cm³/mol. The molecule has 0 fully saturated rings. The van der Waals surface area contributed by atoms with Crippen molar-refractivity contribution in [2.45, 2.75) is 26.8 Å². The van der Waals surface area contributed by atoms with E-state index in [4.69, 9.17) is 5.73 Å². The molecule has 0 amide bonds. The van der Waals surface area contributed by atoms with Crippen LogP contribution in [0.5, 0.6) is 0 Å². The molecule has 0 radical (unpaired) electrons. The largest absolute Gasteiger partial charge is 0.383 e. The van der Waals surface area contributed by atoms with Crippen molar-refractivity contribution in [3.63, 3.8) is 0 Å². The summed E-state index contributed by atoms with van der Waals surface area (Å²) in [6.45, 7) is 4.69. The van der Waals surface area contributed by atoms with Gasteiger partial charge >= 0.3 is 0 Å². The maximum absolute atomic E-state index is 5.98. The number of hydrogen-bond acceptors (Lipinski definition) is 3. The molecule has 0 saturated heterocycles. The van der Waals surface area contributed by atoms with Gasteiger partial charge in [0.25, 0.3) is 0 Å². The highest BCUT2D eigenvalue weighted by atomic mass is 79.9. The van der Waals surface area contributed by atoms with Gasteiger partial charge in [-0.15, -0.1) is 0 Å². The van der Waals surface area contributed by atoms with E-state index >= 15 is 0 Å². The fraction of sp³-hybridized carbons (Fsp3) is 0.455. The number of aromatic nitrogens is 4. The zero-order chi connectivity index (χ0) is 12.6. The quantitative estimate of drug-likeness (QED) is 0.941. The average Bonchev–Trinajstić information content (AvgIpc) is 2.76. The molecule has 0 aromatic carbocycles. The highest BCUT2D eigenvalue weighted by molar-refractivity contribution is 9.10. The van der Waals surface area contributed by atoms with Gasteiger partial charge in [-0.3, -0.25) is 4.68 Å². The number of nitrogens with zero attached hydrogens (tertiary/aromatic N) is 4. The van der Waals surface area contributed by atoms with Crippen molar-refractivity contribution in [2.75, 3.05) is 5.73 Å². The zero-order valence-electron chi connectivity index (χ0n) is 10.2. The second-order valence-electron chi connectivity index (χ2n) is 4.07. The first-order valence-corrected chi connectivity index (χ1v) is 6.32. The molecule has 0 unspecified atom stereocenters. The van der Waals surface area contributed by atoms with Gasteiger partial charge in [0, 0.05) is 18.8 Å². The number of rotatable bonds is 3. The summed E-state index contributed by atoms with van der Waals surface area (Å²) >= 11 is 3.42. The van der Waals surface area contributed by atoms with Crippen molar-refractivity contribution >= 4 is 21.7 Å². The Bertz CT molecular complexity index is 540. The number of nitrogens with two attached hydrogens (primary N) is 1. The third-order valence-electron chi connectivity index (χ3n) is 2.74. The van der Waals surface area contributed by atoms with E-state index in [9.17, 15) is 0 Å². The van der Waals surface area contributed by atoms with Gasteiger partial charge in [0.15, 0.2) is 0 Å². The summed E-state index contributed by atoms with van der Waals surface area (Å²) in [5.41, 5.74) is 9.14. The fourth-order valence-electron chi connectivity index (χ4n) is 1.87. The van der Waals surface area contributed by atoms with Gasteiger partial charge in [-0.05, 0) is 29.3 Å². The predicted octanol–water partition coefficient (Wildman–Crippen LogP) is 1.88. The van der Waals surface area contributed by atoms with E-state index in [-0.39, 0.29) is 0 Å². The van der Waals surface area contributed by atoms with Crippen LogP contribution in [-0.2, 0) is 20.0 Å². The summed E-state index contributed by atoms with van der Waals surface area (Å²) in [4.78, 5) is 0. The summed E-state index contributed by atoms with van der Waals surface area (Å²) in [5, 5.41) is 8.80. The summed E-state index contributed by atoms with van der Waals surface area (Å²) in [6.07, 6.45) is 2.93. The Labute approximate surface area is 109 Å². The number of halogens is 1. The highest BCUT2D eigenvalue weighted by Gasteiger charge is 2.12. The molecule has 0 aliphatic heterocycles. The van der Waals surface area contributed by atoms with Gasteiger partial charge in [-0.25, -0.2) is 4.68 Å². The van der Waals surface area contributed by atoms with Gasteiger partial charge in [-0.2, -0.15) is 10.2 Å². The number of anilines is 1. The van der Waals surface area contributed by atoms with Crippen LogP contribution in [0.3, 0.4) is 0 Å². The van der Waals surface area contributed by atoms with Crippen LogP contribution in [0.4, 0.5) is 5.82 Å². The molecule has 0 spiro atoms. The Balaban J connectivity index is 2.34. The minimum absolute atomic E-state index is 0.661. The molecule has 0 saturated carbocycles. The van der Waals surface area contributed by atoms with E-state index in [1.165, 1.54) is 0 Å². The van der Waals surface area contributed by atoms with Crippen LogP contribution in [0, 0.1) is 6.92 Å². The van der Waals surface area contributed by atoms with Crippen LogP contribution in [0.1, 0.15) is 23.9 Å². The standard InChI is InChI=1S/C11H16BrN5/c1-4-9-8(5-16(3)15-9)6-17-11(13)10(12)7(2)14-17/h5H,4,6,13H2,1-3H3. The maximum atomic E-state index is 5.98. The molecule has 0 atom stereocenters.